The van der Waals surface area contributed by atoms with Gasteiger partial charge >= 0.3 is 30.8 Å². The first-order valence-corrected chi connectivity index (χ1v) is 37.6. The number of hydrogen-bond donors (Lipinski definition) is 9. The molecule has 0 atom stereocenters. The molecule has 2 aliphatic rings. The molecule has 13 nitrogen and oxygen atoms in total. The summed E-state index contributed by atoms with van der Waals surface area (Å²) >= 11 is 32.8. The molecule has 464 valence electrons. The zero-order valence-corrected chi connectivity index (χ0v) is 62.5. The van der Waals surface area contributed by atoms with Crippen LogP contribution in [0.2, 0.25) is 0 Å². The van der Waals surface area contributed by atoms with E-state index in [1.807, 2.05) is 78.9 Å². The van der Waals surface area contributed by atoms with Gasteiger partial charge in [0.1, 0.15) is 4.03 Å². The molecule has 8 aromatic carbocycles. The third-order valence-electron chi connectivity index (χ3n) is 11.1. The number of aliphatic hydroxyl groups is 3. The standard InChI is InChI=1S/C14H16N4S2.C12H10Br2.C12H6O3.C12H12O2.C4H8O.C2H6O.CH2Cl2.CH4N2S.Al.Br3P.2BrH.Li.4H/c15-13(16)19-7-10-6-5-9-3-1-2-4-11(9)12(10)8-20-14(17)18;13-7-10-6-5-9-3-1-2-4-11(9)12(10)8-14;13-11-9-6-5-7-3-1-2-4-8(7)10(9)12(14)15-11;13-7-10-6-5-9-3-1-2-4-11(9)12(10)8-14;1-2-4-5-3-1;1-2-3;2-1-3;2-1(3)4;;1-4(2)3;;;;;;;/h1-6H,7-8H2,(H3,15,16)(H3,17,18);1-6H,7-8H2;1-6H;1-6,13-14H,7-8H2;1-4H2;3H,2H2,1H3;1H2;(H4,2,3,4);;;2*1H;;;;;/q;;;;;;;;;;;;+1;;;;-1. The van der Waals surface area contributed by atoms with Gasteiger partial charge < -0.3 is 49.2 Å². The fraction of sp³-hybridized carbons (Fsp3) is 0.224. The van der Waals surface area contributed by atoms with Gasteiger partial charge in [0.2, 0.25) is 0 Å². The van der Waals surface area contributed by atoms with Crippen LogP contribution < -0.4 is 41.8 Å². The number of amidine groups is 2. The third kappa shape index (κ3) is 32.8. The molecular formula is C58H70AlBr7Cl2LiN6O7PS3. The predicted octanol–water partition coefficient (Wildman–Crippen LogP) is 13.6. The molecule has 0 saturated carbocycles. The van der Waals surface area contributed by atoms with E-state index in [4.69, 9.17) is 60.4 Å². The van der Waals surface area contributed by atoms with Crippen molar-refractivity contribution in [3.63, 3.8) is 0 Å². The van der Waals surface area contributed by atoms with Crippen LogP contribution in [0.25, 0.3) is 43.1 Å². The first kappa shape index (κ1) is 88.8. The van der Waals surface area contributed by atoms with Crippen LogP contribution >= 0.6 is 175 Å². The van der Waals surface area contributed by atoms with Crippen LogP contribution in [0.3, 0.4) is 0 Å². The number of nitrogens with two attached hydrogens (primary N) is 4. The molecular weight excluding hydrogens is 1680 g/mol. The molecule has 0 bridgehead atoms. The Morgan fingerprint density at radius 2 is 0.953 bits per heavy atom. The van der Waals surface area contributed by atoms with Gasteiger partial charge in [0, 0.05) is 42.0 Å². The van der Waals surface area contributed by atoms with Crippen molar-refractivity contribution in [3.05, 3.63) is 190 Å². The number of thioether (sulfide) groups is 2. The van der Waals surface area contributed by atoms with Crippen LogP contribution in [0.5, 0.6) is 0 Å². The second-order valence-corrected chi connectivity index (χ2v) is 36.1. The Bertz CT molecular complexity index is 3230. The Hall–Kier alpha value is -1.39. The zero-order chi connectivity index (χ0) is 61.0. The monoisotopic (exact) mass is 1750 g/mol. The number of hydrogen-bond acceptors (Lipinski definition) is 12. The number of ether oxygens (including phenoxy) is 2. The smallest absolute Gasteiger partial charge is 1.00 e. The van der Waals surface area contributed by atoms with E-state index in [1.54, 1.807) is 13.0 Å². The van der Waals surface area contributed by atoms with Crippen molar-refractivity contribution >= 4 is 263 Å². The Morgan fingerprint density at radius 3 is 1.34 bits per heavy atom. The molecule has 0 radical (unpaired) electrons. The minimum absolute atomic E-state index is 0. The van der Waals surface area contributed by atoms with E-state index in [1.165, 1.54) is 69.0 Å². The largest absolute Gasteiger partial charge is 1.00 e. The van der Waals surface area contributed by atoms with E-state index in [2.05, 4.69) is 167 Å². The molecule has 1 fully saturated rings. The van der Waals surface area contributed by atoms with Gasteiger partial charge in [-0.1, -0.05) is 195 Å². The molecule has 0 spiro atoms. The van der Waals surface area contributed by atoms with Gasteiger partial charge in [-0.25, -0.2) is 9.59 Å². The molecule has 28 heteroatoms. The molecule has 1 saturated heterocycles. The van der Waals surface area contributed by atoms with Gasteiger partial charge in [0.25, 0.3) is 0 Å². The van der Waals surface area contributed by atoms with Crippen molar-refractivity contribution in [2.24, 2.45) is 22.9 Å². The number of nitrogens with one attached hydrogen (secondary N) is 2. The van der Waals surface area contributed by atoms with Gasteiger partial charge in [0.05, 0.1) is 29.7 Å². The van der Waals surface area contributed by atoms with Crippen LogP contribution in [0.1, 0.15) is 75.3 Å². The Labute approximate surface area is 614 Å². The maximum absolute atomic E-state index is 11.4. The summed E-state index contributed by atoms with van der Waals surface area (Å²) in [7, 11) is 0. The van der Waals surface area contributed by atoms with Gasteiger partial charge in [-0.05, 0) is 161 Å². The van der Waals surface area contributed by atoms with E-state index in [-0.39, 0.29) is 116 Å². The molecule has 0 aromatic heterocycles. The fourth-order valence-electron chi connectivity index (χ4n) is 7.73. The average molecular weight is 1750 g/mol. The summed E-state index contributed by atoms with van der Waals surface area (Å²) in [4.78, 5) is 22.7. The van der Waals surface area contributed by atoms with Crippen LogP contribution in [0.4, 0.5) is 0 Å². The van der Waals surface area contributed by atoms with Crippen molar-refractivity contribution in [2.75, 3.05) is 25.2 Å². The van der Waals surface area contributed by atoms with Gasteiger partial charge in [-0.2, -0.15) is 0 Å². The minimum Gasteiger partial charge on any atom is -1.00 e. The maximum atomic E-state index is 11.4. The Balaban J connectivity index is -0.000000474. The van der Waals surface area contributed by atoms with Crippen molar-refractivity contribution in [2.45, 2.75) is 55.1 Å². The summed E-state index contributed by atoms with van der Waals surface area (Å²) in [6.45, 7) is 3.87. The summed E-state index contributed by atoms with van der Waals surface area (Å²) < 4.78 is 9.32. The Morgan fingerprint density at radius 1 is 0.593 bits per heavy atom. The Kier molecular flexibility index (Phi) is 53.8. The zero-order valence-electron chi connectivity index (χ0n) is 47.3. The number of fused-ring (bicyclic) bond motifs is 6. The summed E-state index contributed by atoms with van der Waals surface area (Å²) in [5, 5.41) is 51.7. The van der Waals surface area contributed by atoms with Crippen molar-refractivity contribution < 1.29 is 54.7 Å². The number of alkyl halides is 4. The summed E-state index contributed by atoms with van der Waals surface area (Å²) in [5.41, 5.74) is 27.5. The molecule has 0 unspecified atom stereocenters. The number of carbonyl (C=O) groups excluding carboxylic acids is 2. The van der Waals surface area contributed by atoms with Crippen molar-refractivity contribution in [3.8, 4) is 0 Å². The number of benzene rings is 8. The maximum Gasteiger partial charge on any atom is 1.00 e. The van der Waals surface area contributed by atoms with Gasteiger partial charge in [0.15, 0.2) is 32.8 Å². The number of halogens is 9. The van der Waals surface area contributed by atoms with Crippen molar-refractivity contribution in [1.82, 2.24) is 0 Å². The molecule has 2 heterocycles. The van der Waals surface area contributed by atoms with E-state index >= 15 is 0 Å². The van der Waals surface area contributed by atoms with E-state index < -0.39 is 11.9 Å². The van der Waals surface area contributed by atoms with E-state index in [0.29, 0.717) is 22.6 Å². The second-order valence-electron chi connectivity index (χ2n) is 16.4. The third-order valence-corrected chi connectivity index (χ3v) is 13.8. The molecule has 10 rings (SSSR count). The number of rotatable bonds is 8. The summed E-state index contributed by atoms with van der Waals surface area (Å²) in [6, 6.07) is 47.7. The molecule has 86 heavy (non-hydrogen) atoms. The SMILES string of the molecule is Br.Br.BrCc1ccc2ccccc2c1CBr.BrP(Br)Br.C1CCOC1.CCO.ClCCl.N=C(N)SCc1ccc2ccccc2c1CSC(=N)N.NC(N)=S.O=C1OC(=O)c2c1ccc1ccccc21.OCc1ccc2ccccc2c1CO.[AlH3].[H-].[Li+]. The number of esters is 2. The second kappa shape index (κ2) is 52.1. The molecule has 8 aromatic rings. The molecule has 2 aliphatic heterocycles. The quantitative estimate of drug-likeness (QED) is 0.0100. The first-order chi connectivity index (χ1) is 39.4. The fourth-order valence-corrected chi connectivity index (χ4v) is 10.1. The number of carbonyl (C=O) groups is 2. The first-order valence-electron chi connectivity index (χ1n) is 24.5. The van der Waals surface area contributed by atoms with Gasteiger partial charge in [-0.15, -0.1) is 57.2 Å². The van der Waals surface area contributed by atoms with Gasteiger partial charge in [-0.3, -0.25) is 10.8 Å². The molecule has 0 aliphatic carbocycles. The van der Waals surface area contributed by atoms with Crippen LogP contribution in [-0.4, -0.2) is 85.2 Å². The van der Waals surface area contributed by atoms with Crippen LogP contribution in [0, 0.1) is 10.8 Å². The van der Waals surface area contributed by atoms with Crippen LogP contribution in [-0.2, 0) is 44.9 Å². The summed E-state index contributed by atoms with van der Waals surface area (Å²) in [5.74, 6) is 0.214. The van der Waals surface area contributed by atoms with E-state index in [0.717, 1.165) is 67.7 Å². The minimum atomic E-state index is -0.555. The number of cyclic esters (lactones) is 2. The topological polar surface area (TPSA) is 265 Å². The van der Waals surface area contributed by atoms with E-state index in [9.17, 15) is 14.7 Å². The normalized spacial score (nSPS) is 10.9. The molecule has 0 amide bonds. The number of aliphatic hydroxyl groups excluding tert-OH is 3. The van der Waals surface area contributed by atoms with Crippen LogP contribution in [0.15, 0.2) is 146 Å². The van der Waals surface area contributed by atoms with Crippen molar-refractivity contribution in [1.29, 1.82) is 10.8 Å². The predicted molar refractivity (Wildman–Crippen MR) is 405 cm³/mol. The summed E-state index contributed by atoms with van der Waals surface area (Å²) in [6.07, 6.45) is 2.56. The molecule has 13 N–H and O–H groups in total. The number of thiocarbonyl (C=S) groups is 1. The average Bonchev–Trinajstić information content (AvgIpc) is 3.40.